The van der Waals surface area contributed by atoms with E-state index >= 15 is 0 Å². The molecule has 0 radical (unpaired) electrons. The summed E-state index contributed by atoms with van der Waals surface area (Å²) in [7, 11) is 4.90. The number of carbonyl (C=O) groups is 1. The average Bonchev–Trinajstić information content (AvgIpc) is 3.37. The molecule has 1 aliphatic carbocycles. The summed E-state index contributed by atoms with van der Waals surface area (Å²) in [6, 6.07) is 10.2. The number of amides is 1. The summed E-state index contributed by atoms with van der Waals surface area (Å²) in [5.74, 6) is 3.27. The third kappa shape index (κ3) is 3.79. The van der Waals surface area contributed by atoms with E-state index in [1.165, 1.54) is 5.56 Å². The maximum Gasteiger partial charge on any atom is 0.255 e. The summed E-state index contributed by atoms with van der Waals surface area (Å²) in [6.45, 7) is 3.92. The summed E-state index contributed by atoms with van der Waals surface area (Å²) in [6.07, 6.45) is 7.66. The van der Waals surface area contributed by atoms with Crippen molar-refractivity contribution in [2.24, 2.45) is 11.8 Å². The molecule has 6 heteroatoms. The Labute approximate surface area is 201 Å². The lowest BCUT2D eigenvalue weighted by Gasteiger charge is -2.39. The second-order valence-electron chi connectivity index (χ2n) is 9.68. The molecule has 2 aliphatic heterocycles. The standard InChI is InChI=1S/C28H34N2O4/c1-17-11-13-30(14-12-17)28(31)22-10-6-9-21-19-7-5-8-20(19)25(29-26(21)22)18-15-23(32-2)27(34-4)24(16-18)33-3/h5-7,9-10,15-17,19-20,25,29H,8,11-14H2,1-4H3. The maximum absolute atomic E-state index is 13.6. The fraction of sp³-hybridized carbons (Fsp3) is 0.464. The average molecular weight is 463 g/mol. The van der Waals surface area contributed by atoms with Gasteiger partial charge in [0, 0.05) is 19.0 Å². The van der Waals surface area contributed by atoms with Crippen molar-refractivity contribution >= 4 is 11.6 Å². The molecule has 0 saturated carbocycles. The van der Waals surface area contributed by atoms with Crippen LogP contribution in [-0.2, 0) is 0 Å². The Bertz CT molecular complexity index is 1080. The Kier molecular flexibility index (Phi) is 6.15. The van der Waals surface area contributed by atoms with Gasteiger partial charge in [0.05, 0.1) is 38.6 Å². The number of hydrogen-bond acceptors (Lipinski definition) is 5. The number of hydrogen-bond donors (Lipinski definition) is 1. The minimum atomic E-state index is 0.0107. The summed E-state index contributed by atoms with van der Waals surface area (Å²) in [5.41, 5.74) is 3.99. The largest absolute Gasteiger partial charge is 0.493 e. The lowest BCUT2D eigenvalue weighted by molar-refractivity contribution is 0.0698. The van der Waals surface area contributed by atoms with Crippen molar-refractivity contribution < 1.29 is 19.0 Å². The fourth-order valence-electron chi connectivity index (χ4n) is 5.79. The van der Waals surface area contributed by atoms with Crippen molar-refractivity contribution in [1.29, 1.82) is 0 Å². The number of methoxy groups -OCH3 is 3. The second kappa shape index (κ2) is 9.24. The van der Waals surface area contributed by atoms with Gasteiger partial charge in [-0.15, -0.1) is 0 Å². The molecule has 3 unspecified atom stereocenters. The molecule has 2 heterocycles. The van der Waals surface area contributed by atoms with E-state index in [0.29, 0.717) is 29.1 Å². The third-order valence-corrected chi connectivity index (χ3v) is 7.74. The van der Waals surface area contributed by atoms with Crippen molar-refractivity contribution in [3.05, 3.63) is 59.2 Å². The summed E-state index contributed by atoms with van der Waals surface area (Å²) < 4.78 is 16.8. The van der Waals surface area contributed by atoms with E-state index < -0.39 is 0 Å². The predicted molar refractivity (Wildman–Crippen MR) is 133 cm³/mol. The smallest absolute Gasteiger partial charge is 0.255 e. The highest BCUT2D eigenvalue weighted by molar-refractivity contribution is 6.01. The van der Waals surface area contributed by atoms with Gasteiger partial charge in [-0.2, -0.15) is 0 Å². The van der Waals surface area contributed by atoms with Gasteiger partial charge in [-0.05, 0) is 60.4 Å². The molecule has 5 rings (SSSR count). The lowest BCUT2D eigenvalue weighted by atomic mass is 9.76. The summed E-state index contributed by atoms with van der Waals surface area (Å²) in [4.78, 5) is 15.6. The molecule has 3 atom stereocenters. The number of ether oxygens (including phenoxy) is 3. The van der Waals surface area contributed by atoms with Gasteiger partial charge in [-0.1, -0.05) is 31.2 Å². The van der Waals surface area contributed by atoms with Crippen LogP contribution in [0.2, 0.25) is 0 Å². The van der Waals surface area contributed by atoms with Crippen molar-refractivity contribution in [3.63, 3.8) is 0 Å². The molecule has 0 spiro atoms. The van der Waals surface area contributed by atoms with Gasteiger partial charge in [0.25, 0.3) is 5.91 Å². The Hall–Kier alpha value is -3.15. The number of allylic oxidation sites excluding steroid dienone is 2. The van der Waals surface area contributed by atoms with Crippen LogP contribution < -0.4 is 19.5 Å². The quantitative estimate of drug-likeness (QED) is 0.602. The number of rotatable bonds is 5. The highest BCUT2D eigenvalue weighted by Crippen LogP contribution is 2.52. The van der Waals surface area contributed by atoms with E-state index in [-0.39, 0.29) is 17.9 Å². The number of carbonyl (C=O) groups excluding carboxylic acids is 1. The zero-order valence-electron chi connectivity index (χ0n) is 20.5. The van der Waals surface area contributed by atoms with Crippen molar-refractivity contribution in [3.8, 4) is 17.2 Å². The number of anilines is 1. The van der Waals surface area contributed by atoms with Crippen LogP contribution in [0.4, 0.5) is 5.69 Å². The van der Waals surface area contributed by atoms with Crippen LogP contribution in [0.5, 0.6) is 17.2 Å². The number of benzene rings is 2. The molecule has 3 aliphatic rings. The van der Waals surface area contributed by atoms with Gasteiger partial charge in [0.15, 0.2) is 11.5 Å². The molecule has 1 fully saturated rings. The van der Waals surface area contributed by atoms with Gasteiger partial charge < -0.3 is 24.4 Å². The van der Waals surface area contributed by atoms with E-state index in [1.54, 1.807) is 21.3 Å². The molecule has 34 heavy (non-hydrogen) atoms. The predicted octanol–water partition coefficient (Wildman–Crippen LogP) is 5.41. The molecule has 1 saturated heterocycles. The Morgan fingerprint density at radius 2 is 1.74 bits per heavy atom. The summed E-state index contributed by atoms with van der Waals surface area (Å²) in [5, 5.41) is 3.78. The molecule has 2 aromatic rings. The van der Waals surface area contributed by atoms with E-state index in [9.17, 15) is 4.79 Å². The number of nitrogens with one attached hydrogen (secondary N) is 1. The van der Waals surface area contributed by atoms with E-state index in [4.69, 9.17) is 14.2 Å². The van der Waals surface area contributed by atoms with Crippen LogP contribution in [0.25, 0.3) is 0 Å². The highest BCUT2D eigenvalue weighted by atomic mass is 16.5. The normalized spacial score (nSPS) is 23.6. The molecular formula is C28H34N2O4. The van der Waals surface area contributed by atoms with Gasteiger partial charge in [0.2, 0.25) is 5.75 Å². The number of likely N-dealkylation sites (tertiary alicyclic amines) is 1. The Morgan fingerprint density at radius 3 is 2.38 bits per heavy atom. The van der Waals surface area contributed by atoms with Crippen LogP contribution in [0.1, 0.15) is 59.6 Å². The van der Waals surface area contributed by atoms with Crippen molar-refractivity contribution in [2.75, 3.05) is 39.7 Å². The molecule has 180 valence electrons. The third-order valence-electron chi connectivity index (χ3n) is 7.74. The second-order valence-corrected chi connectivity index (χ2v) is 9.68. The SMILES string of the molecule is COc1cc(C2Nc3c(C(=O)N4CCC(C)CC4)cccc3C3C=CCC32)cc(OC)c1OC. The van der Waals surface area contributed by atoms with Gasteiger partial charge in [-0.25, -0.2) is 0 Å². The molecule has 0 aromatic heterocycles. The fourth-order valence-corrected chi connectivity index (χ4v) is 5.79. The number of fused-ring (bicyclic) bond motifs is 3. The monoisotopic (exact) mass is 462 g/mol. The number of piperidine rings is 1. The molecular weight excluding hydrogens is 428 g/mol. The first-order valence-corrected chi connectivity index (χ1v) is 12.2. The van der Waals surface area contributed by atoms with Crippen LogP contribution in [0, 0.1) is 11.8 Å². The van der Waals surface area contributed by atoms with Gasteiger partial charge in [0.1, 0.15) is 0 Å². The first kappa shape index (κ1) is 22.6. The Morgan fingerprint density at radius 1 is 1.03 bits per heavy atom. The van der Waals surface area contributed by atoms with Crippen LogP contribution in [0.15, 0.2) is 42.5 Å². The van der Waals surface area contributed by atoms with Gasteiger partial charge in [-0.3, -0.25) is 4.79 Å². The van der Waals surface area contributed by atoms with E-state index in [2.05, 4.69) is 30.5 Å². The number of para-hydroxylation sites is 1. The molecule has 2 aromatic carbocycles. The van der Waals surface area contributed by atoms with E-state index in [1.807, 2.05) is 29.2 Å². The lowest BCUT2D eigenvalue weighted by Crippen LogP contribution is -2.39. The molecule has 0 bridgehead atoms. The molecule has 1 amide bonds. The minimum Gasteiger partial charge on any atom is -0.493 e. The van der Waals surface area contributed by atoms with E-state index in [0.717, 1.165) is 49.2 Å². The first-order chi connectivity index (χ1) is 16.5. The first-order valence-electron chi connectivity index (χ1n) is 12.2. The zero-order valence-corrected chi connectivity index (χ0v) is 20.5. The summed E-state index contributed by atoms with van der Waals surface area (Å²) >= 11 is 0. The Balaban J connectivity index is 1.55. The molecule has 6 nitrogen and oxygen atoms in total. The maximum atomic E-state index is 13.6. The van der Waals surface area contributed by atoms with Crippen molar-refractivity contribution in [2.45, 2.75) is 38.1 Å². The van der Waals surface area contributed by atoms with Crippen LogP contribution in [0.3, 0.4) is 0 Å². The number of nitrogens with zero attached hydrogens (tertiary/aromatic N) is 1. The highest BCUT2D eigenvalue weighted by Gasteiger charge is 2.40. The van der Waals surface area contributed by atoms with Crippen molar-refractivity contribution in [1.82, 2.24) is 4.90 Å². The van der Waals surface area contributed by atoms with Crippen LogP contribution >= 0.6 is 0 Å². The van der Waals surface area contributed by atoms with Crippen LogP contribution in [-0.4, -0.2) is 45.2 Å². The minimum absolute atomic E-state index is 0.0107. The molecule has 1 N–H and O–H groups in total. The topological polar surface area (TPSA) is 60.0 Å². The zero-order chi connectivity index (χ0) is 23.8. The van der Waals surface area contributed by atoms with Gasteiger partial charge >= 0.3 is 0 Å².